The molecule has 0 aliphatic heterocycles. The molecule has 90 valence electrons. The topological polar surface area (TPSA) is 78.9 Å². The fourth-order valence-corrected chi connectivity index (χ4v) is 1.51. The van der Waals surface area contributed by atoms with Gasteiger partial charge in [-0.1, -0.05) is 0 Å². The van der Waals surface area contributed by atoms with Crippen molar-refractivity contribution >= 4 is 28.6 Å². The van der Waals surface area contributed by atoms with Crippen LogP contribution in [0.2, 0.25) is 5.28 Å². The summed E-state index contributed by atoms with van der Waals surface area (Å²) in [7, 11) is 0. The van der Waals surface area contributed by atoms with E-state index in [1.165, 1.54) is 0 Å². The van der Waals surface area contributed by atoms with Crippen LogP contribution in [0, 0.1) is 0 Å². The molecule has 0 aliphatic rings. The van der Waals surface area contributed by atoms with Crippen LogP contribution in [-0.2, 0) is 6.18 Å². The van der Waals surface area contributed by atoms with E-state index in [0.717, 1.165) is 6.20 Å². The highest BCUT2D eigenvalue weighted by molar-refractivity contribution is 6.28. The van der Waals surface area contributed by atoms with Crippen molar-refractivity contribution in [2.45, 2.75) is 6.18 Å². The number of aromatic nitrogens is 3. The smallest absolute Gasteiger partial charge is 0.432 e. The van der Waals surface area contributed by atoms with Crippen LogP contribution in [0.1, 0.15) is 16.1 Å². The van der Waals surface area contributed by atoms with E-state index >= 15 is 0 Å². The molecule has 2 heterocycles. The molecule has 2 N–H and O–H groups in total. The Balaban J connectivity index is 2.86. The first-order valence-electron chi connectivity index (χ1n) is 4.15. The van der Waals surface area contributed by atoms with Crippen LogP contribution >= 0.6 is 11.6 Å². The van der Waals surface area contributed by atoms with Gasteiger partial charge in [-0.05, 0) is 11.6 Å². The van der Waals surface area contributed by atoms with Crippen molar-refractivity contribution in [3.8, 4) is 0 Å². The molecule has 0 saturated heterocycles. The number of nitrogens with one attached hydrogen (secondary N) is 1. The minimum Gasteiger partial charge on any atom is -0.478 e. The summed E-state index contributed by atoms with van der Waals surface area (Å²) >= 11 is 5.41. The Kier molecular flexibility index (Phi) is 2.46. The van der Waals surface area contributed by atoms with Gasteiger partial charge in [0.1, 0.15) is 16.8 Å². The van der Waals surface area contributed by atoms with Crippen LogP contribution in [0.3, 0.4) is 0 Å². The molecule has 0 amide bonds. The number of carbonyl (C=O) groups is 1. The van der Waals surface area contributed by atoms with Crippen molar-refractivity contribution in [3.05, 3.63) is 22.7 Å². The molecule has 2 aromatic heterocycles. The van der Waals surface area contributed by atoms with Gasteiger partial charge in [-0.2, -0.15) is 13.2 Å². The van der Waals surface area contributed by atoms with Gasteiger partial charge in [0.2, 0.25) is 5.28 Å². The minimum absolute atomic E-state index is 0.140. The van der Waals surface area contributed by atoms with Crippen LogP contribution in [-0.4, -0.2) is 26.0 Å². The summed E-state index contributed by atoms with van der Waals surface area (Å²) in [6.45, 7) is 0. The number of aromatic carboxylic acids is 1. The van der Waals surface area contributed by atoms with Gasteiger partial charge in [-0.25, -0.2) is 14.8 Å². The number of fused-ring (bicyclic) bond motifs is 1. The molecule has 0 aliphatic carbocycles. The number of carboxylic acids is 1. The highest BCUT2D eigenvalue weighted by atomic mass is 35.5. The lowest BCUT2D eigenvalue weighted by Gasteiger charge is -2.04. The van der Waals surface area contributed by atoms with Crippen molar-refractivity contribution in [2.24, 2.45) is 0 Å². The van der Waals surface area contributed by atoms with Crippen molar-refractivity contribution in [1.29, 1.82) is 0 Å². The summed E-state index contributed by atoms with van der Waals surface area (Å²) in [5.41, 5.74) is -2.85. The number of nitrogens with zero attached hydrogens (tertiary/aromatic N) is 2. The Morgan fingerprint density at radius 1 is 1.47 bits per heavy atom. The molecular formula is C8H3ClF3N3O2. The summed E-state index contributed by atoms with van der Waals surface area (Å²) in [4.78, 5) is 19.7. The van der Waals surface area contributed by atoms with E-state index in [1.807, 2.05) is 4.98 Å². The van der Waals surface area contributed by atoms with Crippen molar-refractivity contribution in [1.82, 2.24) is 15.0 Å². The van der Waals surface area contributed by atoms with Crippen LogP contribution < -0.4 is 0 Å². The Bertz CT molecular complexity index is 608. The van der Waals surface area contributed by atoms with Crippen LogP contribution in [0.15, 0.2) is 6.20 Å². The maximum Gasteiger partial charge on any atom is 0.432 e. The average molecular weight is 266 g/mol. The highest BCUT2D eigenvalue weighted by Crippen LogP contribution is 2.34. The molecule has 0 aromatic carbocycles. The Morgan fingerprint density at radius 3 is 2.65 bits per heavy atom. The average Bonchev–Trinajstić information content (AvgIpc) is 2.55. The Labute approximate surface area is 96.2 Å². The summed E-state index contributed by atoms with van der Waals surface area (Å²) in [6, 6.07) is 0. The SMILES string of the molecule is O=C(O)c1c(C(F)(F)F)[nH]c2cnc(Cl)nc12. The second-order valence-electron chi connectivity index (χ2n) is 3.08. The third kappa shape index (κ3) is 1.91. The first-order chi connectivity index (χ1) is 7.80. The van der Waals surface area contributed by atoms with E-state index in [2.05, 4.69) is 9.97 Å². The molecule has 0 unspecified atom stereocenters. The van der Waals surface area contributed by atoms with Gasteiger partial charge in [0.25, 0.3) is 0 Å². The first-order valence-corrected chi connectivity index (χ1v) is 4.53. The predicted molar refractivity (Wildman–Crippen MR) is 50.9 cm³/mol. The molecule has 9 heteroatoms. The molecule has 0 spiro atoms. The summed E-state index contributed by atoms with van der Waals surface area (Å²) in [5, 5.41) is 8.46. The first kappa shape index (κ1) is 11.6. The number of halogens is 4. The molecule has 17 heavy (non-hydrogen) atoms. The lowest BCUT2D eigenvalue weighted by molar-refractivity contribution is -0.141. The summed E-state index contributed by atoms with van der Waals surface area (Å²) < 4.78 is 37.7. The van der Waals surface area contributed by atoms with Crippen LogP contribution in [0.4, 0.5) is 13.2 Å². The fraction of sp³-hybridized carbons (Fsp3) is 0.125. The number of hydrogen-bond acceptors (Lipinski definition) is 3. The highest BCUT2D eigenvalue weighted by Gasteiger charge is 2.39. The molecule has 0 bridgehead atoms. The number of rotatable bonds is 1. The van der Waals surface area contributed by atoms with Gasteiger partial charge in [0, 0.05) is 0 Å². The van der Waals surface area contributed by atoms with Crippen LogP contribution in [0.25, 0.3) is 11.0 Å². The van der Waals surface area contributed by atoms with Gasteiger partial charge >= 0.3 is 12.1 Å². The Hall–Kier alpha value is -1.83. The van der Waals surface area contributed by atoms with Gasteiger partial charge < -0.3 is 10.1 Å². The molecule has 0 fully saturated rings. The maximum atomic E-state index is 12.6. The molecular weight excluding hydrogens is 263 g/mol. The number of carboxylic acid groups (broad SMARTS) is 1. The van der Waals surface area contributed by atoms with E-state index < -0.39 is 23.4 Å². The minimum atomic E-state index is -4.82. The monoisotopic (exact) mass is 265 g/mol. The van der Waals surface area contributed by atoms with Gasteiger partial charge in [-0.3, -0.25) is 0 Å². The van der Waals surface area contributed by atoms with E-state index in [-0.39, 0.29) is 16.3 Å². The second-order valence-corrected chi connectivity index (χ2v) is 3.42. The quantitative estimate of drug-likeness (QED) is 0.776. The lowest BCUT2D eigenvalue weighted by atomic mass is 10.2. The summed E-state index contributed by atoms with van der Waals surface area (Å²) in [5.74, 6) is -1.74. The molecule has 0 saturated carbocycles. The van der Waals surface area contributed by atoms with Crippen LogP contribution in [0.5, 0.6) is 0 Å². The molecule has 0 atom stereocenters. The van der Waals surface area contributed by atoms with Crippen molar-refractivity contribution in [2.75, 3.05) is 0 Å². The van der Waals surface area contributed by atoms with Crippen molar-refractivity contribution in [3.63, 3.8) is 0 Å². The van der Waals surface area contributed by atoms with E-state index in [9.17, 15) is 18.0 Å². The number of alkyl halides is 3. The zero-order valence-electron chi connectivity index (χ0n) is 7.84. The van der Waals surface area contributed by atoms with E-state index in [1.54, 1.807) is 0 Å². The van der Waals surface area contributed by atoms with Crippen molar-refractivity contribution < 1.29 is 23.1 Å². The van der Waals surface area contributed by atoms with Gasteiger partial charge in [0.15, 0.2) is 0 Å². The molecule has 5 nitrogen and oxygen atoms in total. The predicted octanol–water partition coefficient (Wildman–Crippen LogP) is 2.33. The zero-order valence-corrected chi connectivity index (χ0v) is 8.60. The number of hydrogen-bond donors (Lipinski definition) is 2. The van der Waals surface area contributed by atoms with Gasteiger partial charge in [0.05, 0.1) is 11.7 Å². The van der Waals surface area contributed by atoms with E-state index in [0.29, 0.717) is 0 Å². The fourth-order valence-electron chi connectivity index (χ4n) is 1.38. The summed E-state index contributed by atoms with van der Waals surface area (Å²) in [6.07, 6.45) is -3.83. The van der Waals surface area contributed by atoms with E-state index in [4.69, 9.17) is 16.7 Å². The number of aromatic amines is 1. The third-order valence-electron chi connectivity index (χ3n) is 2.00. The van der Waals surface area contributed by atoms with Gasteiger partial charge in [-0.15, -0.1) is 0 Å². The lowest BCUT2D eigenvalue weighted by Crippen LogP contribution is -2.12. The third-order valence-corrected chi connectivity index (χ3v) is 2.19. The molecule has 2 rings (SSSR count). The zero-order chi connectivity index (χ0) is 12.8. The maximum absolute atomic E-state index is 12.6. The standard InChI is InChI=1S/C8H3ClF3N3O2/c9-7-13-1-2-4(15-7)3(6(16)17)5(14-2)8(10,11)12/h1,14H,(H,16,17). The molecule has 2 aromatic rings. The largest absolute Gasteiger partial charge is 0.478 e. The normalized spacial score (nSPS) is 12.0. The molecule has 0 radical (unpaired) electrons. The number of H-pyrrole nitrogens is 1. The second kappa shape index (κ2) is 3.59. The Morgan fingerprint density at radius 2 is 2.12 bits per heavy atom.